The lowest BCUT2D eigenvalue weighted by Gasteiger charge is -2.34. The monoisotopic (exact) mass is 352 g/mol. The minimum atomic E-state index is -1.06. The fourth-order valence-electron chi connectivity index (χ4n) is 2.90. The molecule has 0 saturated carbocycles. The fourth-order valence-corrected chi connectivity index (χ4v) is 2.90. The standard InChI is InChI=1S/C18H28N2O5/c1-18(2,3)25-17(23)20-10-4-5-13(12-20)8-9-19-11-14-6-7-15(24-14)16(21)22/h6-7,13,19H,4-5,8-12H2,1-3H3,(H,21,22). The molecule has 1 aliphatic rings. The first-order valence-electron chi connectivity index (χ1n) is 8.75. The maximum atomic E-state index is 12.2. The molecule has 1 unspecified atom stereocenters. The highest BCUT2D eigenvalue weighted by Crippen LogP contribution is 2.21. The molecule has 7 heteroatoms. The molecule has 0 radical (unpaired) electrons. The summed E-state index contributed by atoms with van der Waals surface area (Å²) in [6.45, 7) is 8.39. The van der Waals surface area contributed by atoms with Gasteiger partial charge in [0.25, 0.3) is 0 Å². The summed E-state index contributed by atoms with van der Waals surface area (Å²) in [4.78, 5) is 24.7. The Balaban J connectivity index is 1.70. The van der Waals surface area contributed by atoms with Crippen molar-refractivity contribution in [3.8, 4) is 0 Å². The molecule has 1 aliphatic heterocycles. The molecule has 0 aromatic carbocycles. The molecule has 1 amide bonds. The molecule has 1 aromatic heterocycles. The van der Waals surface area contributed by atoms with Gasteiger partial charge in [-0.15, -0.1) is 0 Å². The van der Waals surface area contributed by atoms with Crippen LogP contribution in [0.3, 0.4) is 0 Å². The number of aromatic carboxylic acids is 1. The Labute approximate surface area is 148 Å². The summed E-state index contributed by atoms with van der Waals surface area (Å²) in [6.07, 6.45) is 2.81. The Bertz CT molecular complexity index is 591. The molecule has 2 rings (SSSR count). The second kappa shape index (κ2) is 8.38. The highest BCUT2D eigenvalue weighted by Gasteiger charge is 2.27. The quantitative estimate of drug-likeness (QED) is 0.764. The van der Waals surface area contributed by atoms with E-state index >= 15 is 0 Å². The summed E-state index contributed by atoms with van der Waals surface area (Å²) in [5.74, 6) is -0.0517. The number of ether oxygens (including phenoxy) is 1. The number of hydrogen-bond acceptors (Lipinski definition) is 5. The van der Waals surface area contributed by atoms with Gasteiger partial charge < -0.3 is 24.5 Å². The van der Waals surface area contributed by atoms with Gasteiger partial charge in [-0.3, -0.25) is 0 Å². The smallest absolute Gasteiger partial charge is 0.410 e. The SMILES string of the molecule is CC(C)(C)OC(=O)N1CCCC(CCNCc2ccc(C(=O)O)o2)C1. The van der Waals surface area contributed by atoms with Gasteiger partial charge in [-0.1, -0.05) is 0 Å². The van der Waals surface area contributed by atoms with E-state index in [1.165, 1.54) is 6.07 Å². The first-order valence-corrected chi connectivity index (χ1v) is 8.75. The van der Waals surface area contributed by atoms with E-state index in [-0.39, 0.29) is 11.9 Å². The molecule has 140 valence electrons. The molecule has 0 aliphatic carbocycles. The van der Waals surface area contributed by atoms with Crippen LogP contribution >= 0.6 is 0 Å². The molecular formula is C18H28N2O5. The van der Waals surface area contributed by atoms with Crippen LogP contribution in [0.25, 0.3) is 0 Å². The Morgan fingerprint density at radius 1 is 1.40 bits per heavy atom. The van der Waals surface area contributed by atoms with E-state index in [1.54, 1.807) is 11.0 Å². The van der Waals surface area contributed by atoms with Crippen LogP contribution in [0.15, 0.2) is 16.5 Å². The predicted molar refractivity (Wildman–Crippen MR) is 92.5 cm³/mol. The molecule has 1 atom stereocenters. The summed E-state index contributed by atoms with van der Waals surface area (Å²) in [5, 5.41) is 12.1. The van der Waals surface area contributed by atoms with Crippen LogP contribution in [0, 0.1) is 5.92 Å². The van der Waals surface area contributed by atoms with Crippen LogP contribution < -0.4 is 5.32 Å². The third-order valence-corrected chi connectivity index (χ3v) is 4.07. The first-order chi connectivity index (χ1) is 11.7. The van der Waals surface area contributed by atoms with Crippen LogP contribution in [0.4, 0.5) is 4.79 Å². The lowest BCUT2D eigenvalue weighted by atomic mass is 9.95. The molecule has 1 saturated heterocycles. The van der Waals surface area contributed by atoms with Crippen molar-refractivity contribution >= 4 is 12.1 Å². The first kappa shape index (κ1) is 19.3. The average molecular weight is 352 g/mol. The number of nitrogens with one attached hydrogen (secondary N) is 1. The van der Waals surface area contributed by atoms with Crippen molar-refractivity contribution in [2.45, 2.75) is 52.2 Å². The Hall–Kier alpha value is -2.02. The molecule has 2 heterocycles. The summed E-state index contributed by atoms with van der Waals surface area (Å²) < 4.78 is 10.6. The second-order valence-electron chi connectivity index (χ2n) is 7.47. The van der Waals surface area contributed by atoms with E-state index in [1.807, 2.05) is 20.8 Å². The maximum Gasteiger partial charge on any atom is 0.410 e. The molecular weight excluding hydrogens is 324 g/mol. The van der Waals surface area contributed by atoms with Gasteiger partial charge in [-0.25, -0.2) is 9.59 Å². The minimum Gasteiger partial charge on any atom is -0.475 e. The minimum absolute atomic E-state index is 0.0444. The van der Waals surface area contributed by atoms with Crippen LogP contribution in [0.2, 0.25) is 0 Å². The van der Waals surface area contributed by atoms with Gasteiger partial charge in [-0.2, -0.15) is 0 Å². The van der Waals surface area contributed by atoms with Gasteiger partial charge in [0.2, 0.25) is 5.76 Å². The summed E-state index contributed by atoms with van der Waals surface area (Å²) in [7, 11) is 0. The molecule has 1 fully saturated rings. The Morgan fingerprint density at radius 2 is 2.16 bits per heavy atom. The maximum absolute atomic E-state index is 12.2. The number of carboxylic acid groups (broad SMARTS) is 1. The van der Waals surface area contributed by atoms with Gasteiger partial charge in [0.1, 0.15) is 11.4 Å². The number of hydrogen-bond donors (Lipinski definition) is 2. The number of carboxylic acids is 1. The fraction of sp³-hybridized carbons (Fsp3) is 0.667. The molecule has 1 aromatic rings. The number of likely N-dealkylation sites (tertiary alicyclic amines) is 1. The van der Waals surface area contributed by atoms with Crippen molar-refractivity contribution in [2.24, 2.45) is 5.92 Å². The molecule has 7 nitrogen and oxygen atoms in total. The Morgan fingerprint density at radius 3 is 2.80 bits per heavy atom. The topological polar surface area (TPSA) is 92.0 Å². The summed E-state index contributed by atoms with van der Waals surface area (Å²) in [5.41, 5.74) is -0.469. The number of furan rings is 1. The lowest BCUT2D eigenvalue weighted by molar-refractivity contribution is 0.0161. The van der Waals surface area contributed by atoms with Crippen LogP contribution in [0.1, 0.15) is 56.3 Å². The summed E-state index contributed by atoms with van der Waals surface area (Å²) in [6, 6.07) is 3.13. The van der Waals surface area contributed by atoms with Gasteiger partial charge in [0.15, 0.2) is 0 Å². The number of carbonyl (C=O) groups excluding carboxylic acids is 1. The highest BCUT2D eigenvalue weighted by molar-refractivity contribution is 5.84. The van der Waals surface area contributed by atoms with Crippen molar-refractivity contribution in [1.29, 1.82) is 0 Å². The normalized spacial score (nSPS) is 18.2. The Kier molecular flexibility index (Phi) is 6.47. The van der Waals surface area contributed by atoms with Crippen LogP contribution in [-0.4, -0.2) is 47.3 Å². The second-order valence-corrected chi connectivity index (χ2v) is 7.47. The zero-order valence-corrected chi connectivity index (χ0v) is 15.2. The molecule has 0 spiro atoms. The largest absolute Gasteiger partial charge is 0.475 e. The van der Waals surface area contributed by atoms with Crippen molar-refractivity contribution in [3.05, 3.63) is 23.7 Å². The highest BCUT2D eigenvalue weighted by atomic mass is 16.6. The van der Waals surface area contributed by atoms with E-state index in [9.17, 15) is 9.59 Å². The van der Waals surface area contributed by atoms with Gasteiger partial charge >= 0.3 is 12.1 Å². The molecule has 0 bridgehead atoms. The van der Waals surface area contributed by atoms with E-state index in [2.05, 4.69) is 5.32 Å². The number of amides is 1. The van der Waals surface area contributed by atoms with Crippen molar-refractivity contribution < 1.29 is 23.8 Å². The zero-order valence-electron chi connectivity index (χ0n) is 15.2. The van der Waals surface area contributed by atoms with Gasteiger partial charge in [0.05, 0.1) is 6.54 Å². The third kappa shape index (κ3) is 6.42. The molecule has 25 heavy (non-hydrogen) atoms. The predicted octanol–water partition coefficient (Wildman–Crippen LogP) is 3.10. The lowest BCUT2D eigenvalue weighted by Crippen LogP contribution is -2.43. The zero-order chi connectivity index (χ0) is 18.4. The van der Waals surface area contributed by atoms with Gasteiger partial charge in [-0.05, 0) is 64.6 Å². The van der Waals surface area contributed by atoms with Crippen molar-refractivity contribution in [1.82, 2.24) is 10.2 Å². The van der Waals surface area contributed by atoms with Crippen molar-refractivity contribution in [3.63, 3.8) is 0 Å². The number of rotatable bonds is 6. The summed E-state index contributed by atoms with van der Waals surface area (Å²) >= 11 is 0. The van der Waals surface area contributed by atoms with Gasteiger partial charge in [0, 0.05) is 13.1 Å². The van der Waals surface area contributed by atoms with E-state index in [0.717, 1.165) is 38.9 Å². The molecule has 2 N–H and O–H groups in total. The number of carbonyl (C=O) groups is 2. The number of nitrogens with zero attached hydrogens (tertiary/aromatic N) is 1. The number of piperidine rings is 1. The van der Waals surface area contributed by atoms with E-state index in [4.69, 9.17) is 14.3 Å². The third-order valence-electron chi connectivity index (χ3n) is 4.07. The van der Waals surface area contributed by atoms with E-state index in [0.29, 0.717) is 18.2 Å². The van der Waals surface area contributed by atoms with E-state index < -0.39 is 11.6 Å². The van der Waals surface area contributed by atoms with Crippen LogP contribution in [-0.2, 0) is 11.3 Å². The van der Waals surface area contributed by atoms with Crippen molar-refractivity contribution in [2.75, 3.05) is 19.6 Å². The van der Waals surface area contributed by atoms with Crippen LogP contribution in [0.5, 0.6) is 0 Å². The average Bonchev–Trinajstić information content (AvgIpc) is 2.99.